The Morgan fingerprint density at radius 1 is 1.47 bits per heavy atom. The first-order chi connectivity index (χ1) is 6.85. The van der Waals surface area contributed by atoms with Gasteiger partial charge in [-0.15, -0.1) is 0 Å². The highest BCUT2D eigenvalue weighted by molar-refractivity contribution is 5.22. The third kappa shape index (κ3) is 2.72. The van der Waals surface area contributed by atoms with Crippen LogP contribution in [-0.4, -0.2) is 11.2 Å². The summed E-state index contributed by atoms with van der Waals surface area (Å²) >= 11 is 0. The fourth-order valence-corrected chi connectivity index (χ4v) is 1.94. The minimum Gasteiger partial charge on any atom is -0.393 e. The second-order valence-electron chi connectivity index (χ2n) is 5.44. The van der Waals surface area contributed by atoms with Gasteiger partial charge in [0, 0.05) is 0 Å². The zero-order valence-electron chi connectivity index (χ0n) is 10.6. The first-order valence-corrected chi connectivity index (χ1v) is 5.89. The van der Waals surface area contributed by atoms with E-state index in [0.29, 0.717) is 5.92 Å². The quantitative estimate of drug-likeness (QED) is 0.703. The predicted octanol–water partition coefficient (Wildman–Crippen LogP) is 3.55. The normalized spacial score (nSPS) is 29.2. The van der Waals surface area contributed by atoms with E-state index < -0.39 is 0 Å². The van der Waals surface area contributed by atoms with Crippen molar-refractivity contribution in [3.8, 4) is 0 Å². The molecule has 1 unspecified atom stereocenters. The molecule has 0 saturated carbocycles. The predicted molar refractivity (Wildman–Crippen MR) is 65.6 cm³/mol. The van der Waals surface area contributed by atoms with Crippen LogP contribution in [0.4, 0.5) is 0 Å². The van der Waals surface area contributed by atoms with Crippen LogP contribution in [0.5, 0.6) is 0 Å². The molecule has 0 bridgehead atoms. The highest BCUT2D eigenvalue weighted by Crippen LogP contribution is 2.43. The molecule has 0 aliphatic heterocycles. The Hall–Kier alpha value is -0.560. The van der Waals surface area contributed by atoms with Gasteiger partial charge in [0.15, 0.2) is 0 Å². The van der Waals surface area contributed by atoms with Crippen LogP contribution >= 0.6 is 0 Å². The molecule has 1 heteroatoms. The van der Waals surface area contributed by atoms with Gasteiger partial charge >= 0.3 is 0 Å². The minimum atomic E-state index is -0.250. The molecule has 1 nitrogen and oxygen atoms in total. The third-order valence-electron chi connectivity index (χ3n) is 4.03. The van der Waals surface area contributed by atoms with Crippen molar-refractivity contribution in [3.05, 3.63) is 23.8 Å². The van der Waals surface area contributed by atoms with Crippen molar-refractivity contribution in [2.24, 2.45) is 17.3 Å². The Morgan fingerprint density at radius 3 is 2.47 bits per heavy atom. The van der Waals surface area contributed by atoms with E-state index >= 15 is 0 Å². The zero-order chi connectivity index (χ0) is 11.6. The molecule has 0 aromatic rings. The van der Waals surface area contributed by atoms with Gasteiger partial charge in [-0.3, -0.25) is 0 Å². The highest BCUT2D eigenvalue weighted by Gasteiger charge is 2.32. The average Bonchev–Trinajstić information content (AvgIpc) is 2.39. The van der Waals surface area contributed by atoms with Crippen LogP contribution in [0.15, 0.2) is 23.8 Å². The minimum absolute atomic E-state index is 0.250. The fourth-order valence-electron chi connectivity index (χ4n) is 1.94. The van der Waals surface area contributed by atoms with Gasteiger partial charge in [-0.25, -0.2) is 0 Å². The van der Waals surface area contributed by atoms with E-state index in [0.717, 1.165) is 6.42 Å². The summed E-state index contributed by atoms with van der Waals surface area (Å²) in [5.74, 6) is 0.848. The average molecular weight is 208 g/mol. The van der Waals surface area contributed by atoms with Gasteiger partial charge in [-0.1, -0.05) is 44.6 Å². The summed E-state index contributed by atoms with van der Waals surface area (Å²) in [6.07, 6.45) is 7.66. The van der Waals surface area contributed by atoms with Crippen LogP contribution < -0.4 is 0 Å². The van der Waals surface area contributed by atoms with Crippen molar-refractivity contribution in [2.75, 3.05) is 0 Å². The Morgan fingerprint density at radius 2 is 2.07 bits per heavy atom. The smallest absolute Gasteiger partial charge is 0.0572 e. The van der Waals surface area contributed by atoms with E-state index in [4.69, 9.17) is 0 Å². The number of hydrogen-bond acceptors (Lipinski definition) is 1. The van der Waals surface area contributed by atoms with Crippen LogP contribution in [0.2, 0.25) is 0 Å². The van der Waals surface area contributed by atoms with Crippen LogP contribution in [0.3, 0.4) is 0 Å². The molecule has 0 spiro atoms. The zero-order valence-corrected chi connectivity index (χ0v) is 10.6. The number of rotatable bonds is 3. The summed E-state index contributed by atoms with van der Waals surface area (Å²) in [6.45, 7) is 10.7. The number of allylic oxidation sites excluding steroid dienone is 3. The molecular formula is C14H24O. The molecule has 1 aliphatic rings. The number of aliphatic hydroxyl groups is 1. The van der Waals surface area contributed by atoms with E-state index in [1.165, 1.54) is 5.57 Å². The first kappa shape index (κ1) is 12.5. The maximum absolute atomic E-state index is 9.41. The van der Waals surface area contributed by atoms with Crippen LogP contribution in [0.25, 0.3) is 0 Å². The van der Waals surface area contributed by atoms with Gasteiger partial charge in [0.2, 0.25) is 0 Å². The molecule has 0 radical (unpaired) electrons. The molecule has 0 amide bonds. The number of aliphatic hydroxyl groups excluding tert-OH is 1. The van der Waals surface area contributed by atoms with Crippen molar-refractivity contribution in [1.82, 2.24) is 0 Å². The largest absolute Gasteiger partial charge is 0.393 e. The van der Waals surface area contributed by atoms with E-state index in [9.17, 15) is 5.11 Å². The molecule has 86 valence electrons. The lowest BCUT2D eigenvalue weighted by Gasteiger charge is -2.27. The Balaban J connectivity index is 2.62. The number of hydrogen-bond donors (Lipinski definition) is 1. The van der Waals surface area contributed by atoms with Crippen LogP contribution in [0, 0.1) is 17.3 Å². The molecule has 1 N–H and O–H groups in total. The van der Waals surface area contributed by atoms with Gasteiger partial charge in [-0.2, -0.15) is 0 Å². The summed E-state index contributed by atoms with van der Waals surface area (Å²) in [5, 5.41) is 9.41. The second kappa shape index (κ2) is 4.52. The fraction of sp³-hybridized carbons (Fsp3) is 0.714. The molecule has 0 fully saturated rings. The first-order valence-electron chi connectivity index (χ1n) is 5.89. The van der Waals surface area contributed by atoms with E-state index in [1.807, 2.05) is 6.92 Å². The van der Waals surface area contributed by atoms with Crippen LogP contribution in [0.1, 0.15) is 41.0 Å². The topological polar surface area (TPSA) is 20.2 Å². The van der Waals surface area contributed by atoms with Crippen molar-refractivity contribution < 1.29 is 5.11 Å². The Labute approximate surface area is 93.9 Å². The van der Waals surface area contributed by atoms with E-state index in [2.05, 4.69) is 45.9 Å². The van der Waals surface area contributed by atoms with Crippen LogP contribution in [-0.2, 0) is 0 Å². The molecule has 0 aromatic carbocycles. The molecule has 0 saturated heterocycles. The van der Waals surface area contributed by atoms with Crippen molar-refractivity contribution in [2.45, 2.75) is 47.1 Å². The Bertz CT molecular complexity index is 271. The standard InChI is InChI=1S/C14H24O/c1-10(12(3)15)6-8-13-9-7-11(2)14(13,4)5/h6-8,10,12-13,15H,9H2,1-5H3/t10-,12+,13?/m1/s1. The molecule has 1 aliphatic carbocycles. The maximum atomic E-state index is 9.41. The van der Waals surface area contributed by atoms with Gasteiger partial charge in [0.1, 0.15) is 0 Å². The third-order valence-corrected chi connectivity index (χ3v) is 4.03. The highest BCUT2D eigenvalue weighted by atomic mass is 16.3. The molecule has 1 rings (SSSR count). The van der Waals surface area contributed by atoms with Gasteiger partial charge in [-0.05, 0) is 37.5 Å². The van der Waals surface area contributed by atoms with E-state index in [-0.39, 0.29) is 17.4 Å². The lowest BCUT2D eigenvalue weighted by molar-refractivity contribution is 0.156. The molecule has 0 heterocycles. The van der Waals surface area contributed by atoms with Gasteiger partial charge < -0.3 is 5.11 Å². The summed E-state index contributed by atoms with van der Waals surface area (Å²) in [7, 11) is 0. The lowest BCUT2D eigenvalue weighted by atomic mass is 9.77. The summed E-state index contributed by atoms with van der Waals surface area (Å²) in [6, 6.07) is 0. The molecule has 3 atom stereocenters. The second-order valence-corrected chi connectivity index (χ2v) is 5.44. The van der Waals surface area contributed by atoms with Crippen molar-refractivity contribution >= 4 is 0 Å². The van der Waals surface area contributed by atoms with Crippen molar-refractivity contribution in [1.29, 1.82) is 0 Å². The summed E-state index contributed by atoms with van der Waals surface area (Å²) in [5.41, 5.74) is 1.77. The summed E-state index contributed by atoms with van der Waals surface area (Å²) < 4.78 is 0. The van der Waals surface area contributed by atoms with Crippen molar-refractivity contribution in [3.63, 3.8) is 0 Å². The SMILES string of the molecule is CC1=CCC(C=C[C@@H](C)[C@H](C)O)C1(C)C. The van der Waals surface area contributed by atoms with Gasteiger partial charge in [0.25, 0.3) is 0 Å². The molecule has 0 aromatic heterocycles. The molecule has 15 heavy (non-hydrogen) atoms. The lowest BCUT2D eigenvalue weighted by Crippen LogP contribution is -2.19. The Kier molecular flexibility index (Phi) is 3.77. The van der Waals surface area contributed by atoms with Gasteiger partial charge in [0.05, 0.1) is 6.10 Å². The summed E-state index contributed by atoms with van der Waals surface area (Å²) in [4.78, 5) is 0. The monoisotopic (exact) mass is 208 g/mol. The molecular weight excluding hydrogens is 184 g/mol. The van der Waals surface area contributed by atoms with E-state index in [1.54, 1.807) is 0 Å². The maximum Gasteiger partial charge on any atom is 0.0572 e.